The van der Waals surface area contributed by atoms with Crippen molar-refractivity contribution in [3.8, 4) is 0 Å². The third-order valence-electron chi connectivity index (χ3n) is 2.40. The van der Waals surface area contributed by atoms with Gasteiger partial charge in [0.25, 0.3) is 11.1 Å². The predicted octanol–water partition coefficient (Wildman–Crippen LogP) is 1.36. The average Bonchev–Trinajstić information content (AvgIpc) is 2.81. The van der Waals surface area contributed by atoms with E-state index >= 15 is 0 Å². The zero-order valence-corrected chi connectivity index (χ0v) is 11.1. The number of aromatic nitrogens is 3. The molecule has 0 fully saturated rings. The molecule has 0 radical (unpaired) electrons. The van der Waals surface area contributed by atoms with Gasteiger partial charge >= 0.3 is 0 Å². The first kappa shape index (κ1) is 13.0. The molecule has 0 aliphatic rings. The van der Waals surface area contributed by atoms with Gasteiger partial charge in [0.15, 0.2) is 0 Å². The number of hydrogen-bond acceptors (Lipinski definition) is 4. The van der Waals surface area contributed by atoms with E-state index < -0.39 is 0 Å². The largest absolute Gasteiger partial charge is 0.268 e. The number of aromatic amines is 1. The minimum Gasteiger partial charge on any atom is -0.268 e. The fourth-order valence-electron chi connectivity index (χ4n) is 1.54. The number of H-pyrrole nitrogens is 1. The zero-order chi connectivity index (χ0) is 13.0. The number of hydrogen-bond donors (Lipinski definition) is 1. The van der Waals surface area contributed by atoms with Crippen LogP contribution in [0, 0.1) is 0 Å². The van der Waals surface area contributed by atoms with Crippen LogP contribution in [-0.4, -0.2) is 14.8 Å². The van der Waals surface area contributed by atoms with Crippen molar-refractivity contribution in [2.45, 2.75) is 25.3 Å². The second-order valence-electron chi connectivity index (χ2n) is 3.77. The Bertz CT molecular complexity index is 631. The summed E-state index contributed by atoms with van der Waals surface area (Å²) in [5.74, 6) is 0.419. The van der Waals surface area contributed by atoms with Crippen molar-refractivity contribution in [3.05, 3.63) is 48.9 Å². The number of nitrogens with one attached hydrogen (secondary N) is 1. The summed E-state index contributed by atoms with van der Waals surface area (Å²) in [6, 6.07) is 2.50. The lowest BCUT2D eigenvalue weighted by atomic mass is 10.3. The lowest BCUT2D eigenvalue weighted by Gasteiger charge is -2.02. The van der Waals surface area contributed by atoms with Gasteiger partial charge in [0.05, 0.1) is 16.6 Å². The quantitative estimate of drug-likeness (QED) is 0.844. The molecule has 0 saturated heterocycles. The normalized spacial score (nSPS) is 10.7. The summed E-state index contributed by atoms with van der Waals surface area (Å²) < 4.78 is 1.32. The summed E-state index contributed by atoms with van der Waals surface area (Å²) in [5, 5.41) is 5.42. The number of nitrogens with zero attached hydrogens (tertiary/aromatic N) is 2. The lowest BCUT2D eigenvalue weighted by Crippen LogP contribution is -2.28. The Kier molecular flexibility index (Phi) is 4.33. The van der Waals surface area contributed by atoms with E-state index in [1.165, 1.54) is 16.8 Å². The second kappa shape index (κ2) is 5.97. The summed E-state index contributed by atoms with van der Waals surface area (Å²) in [7, 11) is 0. The van der Waals surface area contributed by atoms with Crippen LogP contribution in [0.1, 0.15) is 17.1 Å². The van der Waals surface area contributed by atoms with E-state index in [9.17, 15) is 9.59 Å². The van der Waals surface area contributed by atoms with Crippen LogP contribution >= 0.6 is 22.9 Å². The van der Waals surface area contributed by atoms with E-state index in [2.05, 4.69) is 10.1 Å². The van der Waals surface area contributed by atoms with Gasteiger partial charge in [0.2, 0.25) is 0 Å². The van der Waals surface area contributed by atoms with Crippen LogP contribution in [0.3, 0.4) is 0 Å². The predicted molar refractivity (Wildman–Crippen MR) is 71.3 cm³/mol. The molecule has 0 aliphatic carbocycles. The smallest absolute Gasteiger partial charge is 0.265 e. The second-order valence-corrected chi connectivity index (χ2v) is 4.98. The van der Waals surface area contributed by atoms with Crippen molar-refractivity contribution >= 4 is 22.9 Å². The highest BCUT2D eigenvalue weighted by atomic mass is 35.5. The summed E-state index contributed by atoms with van der Waals surface area (Å²) in [5.41, 5.74) is 0.408. The van der Waals surface area contributed by atoms with Crippen molar-refractivity contribution in [1.82, 2.24) is 14.8 Å². The lowest BCUT2D eigenvalue weighted by molar-refractivity contribution is 0.541. The highest BCUT2D eigenvalue weighted by molar-refractivity contribution is 7.09. The van der Waals surface area contributed by atoms with E-state index in [4.69, 9.17) is 11.6 Å². The van der Waals surface area contributed by atoms with Crippen LogP contribution < -0.4 is 11.1 Å². The summed E-state index contributed by atoms with van der Waals surface area (Å²) >= 11 is 7.23. The first-order valence-corrected chi connectivity index (χ1v) is 6.90. The first-order chi connectivity index (χ1) is 8.69. The van der Waals surface area contributed by atoms with Crippen LogP contribution in [0.5, 0.6) is 0 Å². The van der Waals surface area contributed by atoms with Crippen LogP contribution in [0.15, 0.2) is 27.1 Å². The van der Waals surface area contributed by atoms with Crippen molar-refractivity contribution in [3.63, 3.8) is 0 Å². The van der Waals surface area contributed by atoms with Crippen molar-refractivity contribution in [1.29, 1.82) is 0 Å². The Hall–Kier alpha value is -1.40. The van der Waals surface area contributed by atoms with E-state index in [0.29, 0.717) is 12.4 Å². The minimum absolute atomic E-state index is 0.199. The maximum absolute atomic E-state index is 11.4. The maximum Gasteiger partial charge on any atom is 0.265 e. The van der Waals surface area contributed by atoms with Gasteiger partial charge in [0, 0.05) is 30.5 Å². The third-order valence-corrected chi connectivity index (χ3v) is 3.63. The Morgan fingerprint density at radius 3 is 2.94 bits per heavy atom. The Morgan fingerprint density at radius 2 is 2.22 bits per heavy atom. The van der Waals surface area contributed by atoms with Gasteiger partial charge < -0.3 is 0 Å². The molecule has 0 atom stereocenters. The molecule has 2 rings (SSSR count). The fourth-order valence-corrected chi connectivity index (χ4v) is 2.61. The van der Waals surface area contributed by atoms with E-state index in [1.54, 1.807) is 11.3 Å². The molecule has 1 N–H and O–H groups in total. The van der Waals surface area contributed by atoms with Crippen molar-refractivity contribution in [2.75, 3.05) is 0 Å². The van der Waals surface area contributed by atoms with Gasteiger partial charge in [-0.15, -0.1) is 22.9 Å². The van der Waals surface area contributed by atoms with Crippen molar-refractivity contribution in [2.24, 2.45) is 0 Å². The van der Waals surface area contributed by atoms with E-state index in [0.717, 1.165) is 23.5 Å². The Balaban J connectivity index is 1.94. The zero-order valence-electron chi connectivity index (χ0n) is 9.56. The molecule has 2 aromatic heterocycles. The number of alkyl halides is 1. The van der Waals surface area contributed by atoms with Crippen LogP contribution in [0.2, 0.25) is 0 Å². The number of halogens is 1. The molecule has 0 bridgehead atoms. The molecular formula is C11H12ClN3O2S. The van der Waals surface area contributed by atoms with Gasteiger partial charge in [-0.25, -0.2) is 4.98 Å². The third kappa shape index (κ3) is 3.30. The maximum atomic E-state index is 11.4. The summed E-state index contributed by atoms with van der Waals surface area (Å²) in [6.45, 7) is 0.477. The summed E-state index contributed by atoms with van der Waals surface area (Å²) in [4.78, 5) is 26.8. The highest BCUT2D eigenvalue weighted by Crippen LogP contribution is 2.13. The molecule has 0 spiro atoms. The molecule has 96 valence electrons. The van der Waals surface area contributed by atoms with Gasteiger partial charge in [-0.3, -0.25) is 19.4 Å². The SMILES string of the molecule is O=c1ccc(=O)n(CCCc2nc(CCl)cs2)[nH]1. The van der Waals surface area contributed by atoms with E-state index in [1.807, 2.05) is 5.38 Å². The van der Waals surface area contributed by atoms with Crippen LogP contribution in [-0.2, 0) is 18.8 Å². The molecule has 0 amide bonds. The molecule has 0 aliphatic heterocycles. The van der Waals surface area contributed by atoms with Gasteiger partial charge in [-0.2, -0.15) is 0 Å². The number of rotatable bonds is 5. The Morgan fingerprint density at radius 1 is 1.39 bits per heavy atom. The molecule has 2 aromatic rings. The monoisotopic (exact) mass is 285 g/mol. The molecule has 0 saturated carbocycles. The topological polar surface area (TPSA) is 67.8 Å². The standard InChI is InChI=1S/C11H12ClN3O2S/c12-6-8-7-18-10(13-8)2-1-5-15-11(17)4-3-9(16)14-15/h3-4,7H,1-2,5-6H2,(H,14,16). The molecule has 7 heteroatoms. The van der Waals surface area contributed by atoms with Crippen LogP contribution in [0.25, 0.3) is 0 Å². The molecule has 0 aromatic carbocycles. The first-order valence-electron chi connectivity index (χ1n) is 5.48. The van der Waals surface area contributed by atoms with Gasteiger partial charge in [0.1, 0.15) is 0 Å². The van der Waals surface area contributed by atoms with E-state index in [-0.39, 0.29) is 11.1 Å². The number of aryl methyl sites for hydroxylation is 2. The summed E-state index contributed by atoms with van der Waals surface area (Å²) in [6.07, 6.45) is 1.51. The van der Waals surface area contributed by atoms with Crippen molar-refractivity contribution < 1.29 is 0 Å². The molecule has 0 unspecified atom stereocenters. The average molecular weight is 286 g/mol. The highest BCUT2D eigenvalue weighted by Gasteiger charge is 2.02. The van der Waals surface area contributed by atoms with Crippen LogP contribution in [0.4, 0.5) is 0 Å². The van der Waals surface area contributed by atoms with Gasteiger partial charge in [-0.1, -0.05) is 0 Å². The fraction of sp³-hybridized carbons (Fsp3) is 0.364. The molecular weight excluding hydrogens is 274 g/mol. The molecule has 2 heterocycles. The molecule has 18 heavy (non-hydrogen) atoms. The molecule has 5 nitrogen and oxygen atoms in total. The minimum atomic E-state index is -0.270. The Labute approximate surface area is 112 Å². The van der Waals surface area contributed by atoms with Gasteiger partial charge in [-0.05, 0) is 6.42 Å². The number of thiazole rings is 1.